The van der Waals surface area contributed by atoms with Crippen molar-refractivity contribution >= 4 is 23.4 Å². The largest absolute Gasteiger partial charge is 0.489 e. The van der Waals surface area contributed by atoms with Gasteiger partial charge >= 0.3 is 5.97 Å². The molecular weight excluding hydrogens is 503 g/mol. The van der Waals surface area contributed by atoms with E-state index in [2.05, 4.69) is 4.99 Å². The molecule has 0 amide bonds. The summed E-state index contributed by atoms with van der Waals surface area (Å²) in [5, 5.41) is 0. The number of allylic oxidation sites excluding steroid dienone is 1. The second-order valence-corrected chi connectivity index (χ2v) is 9.71. The lowest BCUT2D eigenvalue weighted by Crippen LogP contribution is -2.39. The molecule has 1 aliphatic rings. The van der Waals surface area contributed by atoms with Crippen LogP contribution in [0, 0.1) is 5.82 Å². The Morgan fingerprint density at radius 1 is 1.08 bits per heavy atom. The maximum atomic E-state index is 13.7. The SMILES string of the molecule is CCOC(=O)C1=C(C)N=c2s/c(=C/c3cccc(OCc4ccccc4)c3)c(=O)n2[C@@H]1c1ccc(F)cc1. The predicted molar refractivity (Wildman–Crippen MR) is 144 cm³/mol. The second kappa shape index (κ2) is 11.0. The van der Waals surface area contributed by atoms with Crippen molar-refractivity contribution in [2.45, 2.75) is 26.5 Å². The molecule has 5 rings (SSSR count). The number of halogens is 1. The van der Waals surface area contributed by atoms with Gasteiger partial charge in [0.2, 0.25) is 0 Å². The molecule has 0 bridgehead atoms. The Bertz CT molecular complexity index is 1690. The average molecular weight is 529 g/mol. The first-order valence-corrected chi connectivity index (χ1v) is 13.0. The minimum absolute atomic E-state index is 0.179. The van der Waals surface area contributed by atoms with E-state index in [0.29, 0.717) is 33.0 Å². The van der Waals surface area contributed by atoms with Gasteiger partial charge in [-0.3, -0.25) is 9.36 Å². The van der Waals surface area contributed by atoms with Crippen molar-refractivity contribution < 1.29 is 18.7 Å². The van der Waals surface area contributed by atoms with Crippen LogP contribution in [0.15, 0.2) is 99.9 Å². The monoisotopic (exact) mass is 528 g/mol. The zero-order valence-electron chi connectivity index (χ0n) is 20.9. The highest BCUT2D eigenvalue weighted by Gasteiger charge is 2.33. The molecule has 192 valence electrons. The molecule has 1 aliphatic heterocycles. The lowest BCUT2D eigenvalue weighted by atomic mass is 9.96. The Morgan fingerprint density at radius 3 is 2.58 bits per heavy atom. The number of aromatic nitrogens is 1. The number of hydrogen-bond acceptors (Lipinski definition) is 6. The van der Waals surface area contributed by atoms with E-state index in [-0.39, 0.29) is 17.7 Å². The summed E-state index contributed by atoms with van der Waals surface area (Å²) in [6, 6.07) is 22.3. The average Bonchev–Trinajstić information content (AvgIpc) is 3.22. The highest BCUT2D eigenvalue weighted by molar-refractivity contribution is 7.07. The third-order valence-electron chi connectivity index (χ3n) is 6.11. The molecule has 4 aromatic rings. The second-order valence-electron chi connectivity index (χ2n) is 8.70. The fourth-order valence-corrected chi connectivity index (χ4v) is 5.38. The number of hydrogen-bond donors (Lipinski definition) is 0. The van der Waals surface area contributed by atoms with Crippen LogP contribution in [-0.2, 0) is 16.1 Å². The van der Waals surface area contributed by atoms with Crippen LogP contribution in [-0.4, -0.2) is 17.1 Å². The summed E-state index contributed by atoms with van der Waals surface area (Å²) in [5.74, 6) is -0.283. The van der Waals surface area contributed by atoms with Gasteiger partial charge in [-0.05, 0) is 60.9 Å². The number of carbonyl (C=O) groups is 1. The highest BCUT2D eigenvalue weighted by Crippen LogP contribution is 2.30. The van der Waals surface area contributed by atoms with Gasteiger partial charge in [-0.15, -0.1) is 0 Å². The number of rotatable bonds is 7. The Labute approximate surface area is 222 Å². The van der Waals surface area contributed by atoms with Gasteiger partial charge in [-0.2, -0.15) is 0 Å². The van der Waals surface area contributed by atoms with Crippen LogP contribution in [0.3, 0.4) is 0 Å². The van der Waals surface area contributed by atoms with E-state index in [4.69, 9.17) is 9.47 Å². The lowest BCUT2D eigenvalue weighted by Gasteiger charge is -2.24. The molecule has 3 aromatic carbocycles. The number of ether oxygens (including phenoxy) is 2. The molecule has 0 spiro atoms. The van der Waals surface area contributed by atoms with Crippen LogP contribution in [0.5, 0.6) is 5.75 Å². The minimum Gasteiger partial charge on any atom is -0.489 e. The Balaban J connectivity index is 1.55. The third-order valence-corrected chi connectivity index (χ3v) is 7.09. The van der Waals surface area contributed by atoms with Gasteiger partial charge in [0.05, 0.1) is 28.5 Å². The molecule has 1 aromatic heterocycles. The standard InChI is InChI=1S/C30H25FN2O4S/c1-3-36-29(35)26-19(2)32-30-33(27(26)22-12-14-23(31)15-13-22)28(34)25(38-30)17-21-10-7-11-24(16-21)37-18-20-8-5-4-6-9-20/h4-17,27H,3,18H2,1-2H3/b25-17+/t27-/m1/s1. The summed E-state index contributed by atoms with van der Waals surface area (Å²) < 4.78 is 26.9. The van der Waals surface area contributed by atoms with Gasteiger partial charge in [-0.25, -0.2) is 14.2 Å². The van der Waals surface area contributed by atoms with E-state index in [9.17, 15) is 14.0 Å². The minimum atomic E-state index is -0.784. The molecule has 0 saturated carbocycles. The van der Waals surface area contributed by atoms with Gasteiger partial charge in [0.25, 0.3) is 5.56 Å². The molecule has 0 aliphatic carbocycles. The summed E-state index contributed by atoms with van der Waals surface area (Å²) in [6.07, 6.45) is 1.78. The first-order chi connectivity index (χ1) is 18.4. The third kappa shape index (κ3) is 5.21. The lowest BCUT2D eigenvalue weighted by molar-refractivity contribution is -0.139. The zero-order valence-corrected chi connectivity index (χ0v) is 21.7. The van der Waals surface area contributed by atoms with Gasteiger partial charge in [0.1, 0.15) is 18.2 Å². The highest BCUT2D eigenvalue weighted by atomic mass is 32.1. The van der Waals surface area contributed by atoms with Gasteiger partial charge in [-0.1, -0.05) is 65.9 Å². The predicted octanol–water partition coefficient (Wildman–Crippen LogP) is 4.52. The molecule has 0 saturated heterocycles. The fourth-order valence-electron chi connectivity index (χ4n) is 4.34. The number of fused-ring (bicyclic) bond motifs is 1. The fraction of sp³-hybridized carbons (Fsp3) is 0.167. The zero-order chi connectivity index (χ0) is 26.6. The number of nitrogens with zero attached hydrogens (tertiary/aromatic N) is 2. The molecule has 2 heterocycles. The molecule has 38 heavy (non-hydrogen) atoms. The number of esters is 1. The van der Waals surface area contributed by atoms with Crippen molar-refractivity contribution in [3.63, 3.8) is 0 Å². The van der Waals surface area contributed by atoms with Crippen LogP contribution < -0.4 is 19.6 Å². The van der Waals surface area contributed by atoms with Crippen LogP contribution in [0.2, 0.25) is 0 Å². The smallest absolute Gasteiger partial charge is 0.338 e. The van der Waals surface area contributed by atoms with E-state index in [1.807, 2.05) is 54.6 Å². The number of benzene rings is 3. The van der Waals surface area contributed by atoms with E-state index in [0.717, 1.165) is 11.1 Å². The van der Waals surface area contributed by atoms with Crippen LogP contribution >= 0.6 is 11.3 Å². The maximum absolute atomic E-state index is 13.7. The van der Waals surface area contributed by atoms with Crippen LogP contribution in [0.1, 0.15) is 36.6 Å². The van der Waals surface area contributed by atoms with Gasteiger partial charge < -0.3 is 9.47 Å². The first-order valence-electron chi connectivity index (χ1n) is 12.2. The van der Waals surface area contributed by atoms with Crippen molar-refractivity contribution in [2.75, 3.05) is 6.61 Å². The molecule has 8 heteroatoms. The van der Waals surface area contributed by atoms with Crippen molar-refractivity contribution in [1.82, 2.24) is 4.57 Å². The number of thiazole rings is 1. The van der Waals surface area contributed by atoms with E-state index in [1.54, 1.807) is 32.1 Å². The summed E-state index contributed by atoms with van der Waals surface area (Å²) in [6.45, 7) is 4.04. The Morgan fingerprint density at radius 2 is 1.84 bits per heavy atom. The summed E-state index contributed by atoms with van der Waals surface area (Å²) in [4.78, 5) is 31.7. The van der Waals surface area contributed by atoms with Crippen molar-refractivity contribution in [3.8, 4) is 5.75 Å². The quantitative estimate of drug-likeness (QED) is 0.331. The van der Waals surface area contributed by atoms with E-state index in [1.165, 1.54) is 28.0 Å². The molecular formula is C30H25FN2O4S. The van der Waals surface area contributed by atoms with Crippen molar-refractivity contribution in [3.05, 3.63) is 132 Å². The summed E-state index contributed by atoms with van der Waals surface area (Å²) in [5.41, 5.74) is 2.86. The Kier molecular flexibility index (Phi) is 7.33. The normalized spacial score (nSPS) is 15.1. The molecule has 6 nitrogen and oxygen atoms in total. The topological polar surface area (TPSA) is 69.9 Å². The Hall–Kier alpha value is -4.30. The van der Waals surface area contributed by atoms with E-state index >= 15 is 0 Å². The summed E-state index contributed by atoms with van der Waals surface area (Å²) >= 11 is 1.23. The maximum Gasteiger partial charge on any atom is 0.338 e. The van der Waals surface area contributed by atoms with Gasteiger partial charge in [0.15, 0.2) is 4.80 Å². The van der Waals surface area contributed by atoms with Crippen molar-refractivity contribution in [2.24, 2.45) is 4.99 Å². The van der Waals surface area contributed by atoms with Crippen molar-refractivity contribution in [1.29, 1.82) is 0 Å². The molecule has 0 fully saturated rings. The molecule has 0 radical (unpaired) electrons. The molecule has 0 unspecified atom stereocenters. The molecule has 0 N–H and O–H groups in total. The van der Waals surface area contributed by atoms with Gasteiger partial charge in [0, 0.05) is 0 Å². The van der Waals surface area contributed by atoms with Crippen LogP contribution in [0.25, 0.3) is 6.08 Å². The van der Waals surface area contributed by atoms with E-state index < -0.39 is 17.8 Å². The van der Waals surface area contributed by atoms with Crippen LogP contribution in [0.4, 0.5) is 4.39 Å². The number of carbonyl (C=O) groups excluding carboxylic acids is 1. The summed E-state index contributed by atoms with van der Waals surface area (Å²) in [7, 11) is 0. The first kappa shape index (κ1) is 25.4. The molecule has 1 atom stereocenters.